The van der Waals surface area contributed by atoms with Crippen LogP contribution in [0.5, 0.6) is 5.88 Å². The number of benzene rings is 2. The van der Waals surface area contributed by atoms with Crippen LogP contribution in [-0.2, 0) is 16.0 Å². The molecule has 0 radical (unpaired) electrons. The van der Waals surface area contributed by atoms with Crippen LogP contribution in [0.25, 0.3) is 22.4 Å². The molecule has 3 fully saturated rings. The van der Waals surface area contributed by atoms with E-state index < -0.39 is 27.4 Å². The Morgan fingerprint density at radius 1 is 1.10 bits per heavy atom. The number of hydrogen-bond acceptors (Lipinski definition) is 6. The number of fused-ring (bicyclic) bond motifs is 1. The number of hydrogen-bond donors (Lipinski definition) is 3. The van der Waals surface area contributed by atoms with Crippen LogP contribution in [0.2, 0.25) is 5.02 Å². The molecule has 1 unspecified atom stereocenters. The normalized spacial score (nSPS) is 24.7. The van der Waals surface area contributed by atoms with Crippen LogP contribution < -0.4 is 63.4 Å². The van der Waals surface area contributed by atoms with Crippen molar-refractivity contribution in [3.63, 3.8) is 0 Å². The molecule has 13 heteroatoms. The van der Waals surface area contributed by atoms with Crippen molar-refractivity contribution in [3.05, 3.63) is 86.0 Å². The Morgan fingerprint density at radius 3 is 2.69 bits per heavy atom. The Bertz CT molecular complexity index is 2000. The molecule has 3 aromatic rings. The van der Waals surface area contributed by atoms with E-state index in [-0.39, 0.29) is 50.3 Å². The van der Waals surface area contributed by atoms with Gasteiger partial charge in [-0.1, -0.05) is 0 Å². The van der Waals surface area contributed by atoms with Crippen LogP contribution in [0, 0.1) is 0 Å². The summed E-state index contributed by atoms with van der Waals surface area (Å²) in [7, 11) is 3.43. The molecule has 5 aliphatic rings. The summed E-state index contributed by atoms with van der Waals surface area (Å²) in [6.07, 6.45) is 8.23. The molecule has 3 N–H and O–H groups in total. The fraction of sp³-hybridized carbons (Fsp3) is 0.368. The Morgan fingerprint density at radius 2 is 1.90 bits per heavy atom. The van der Waals surface area contributed by atoms with Gasteiger partial charge in [-0.2, -0.15) is 0 Å². The van der Waals surface area contributed by atoms with Crippen LogP contribution in [-0.4, -0.2) is 74.6 Å². The zero-order valence-corrected chi connectivity index (χ0v) is 33.5. The number of allylic oxidation sites excluding steroid dienone is 2. The number of anilines is 1. The molecule has 0 saturated carbocycles. The van der Waals surface area contributed by atoms with Crippen LogP contribution in [0.3, 0.4) is 0 Å². The van der Waals surface area contributed by atoms with Crippen LogP contribution in [0.1, 0.15) is 52.3 Å². The number of methoxy groups -OCH3 is 1. The molecule has 8 rings (SSSR count). The number of likely N-dealkylation sites (N-methyl/N-ethyl adjacent to an activating group) is 1. The third-order valence-corrected chi connectivity index (χ3v) is 16.6. The van der Waals surface area contributed by atoms with Gasteiger partial charge < -0.3 is 10.6 Å². The van der Waals surface area contributed by atoms with Crippen molar-refractivity contribution in [2.45, 2.75) is 47.6 Å². The average molecular weight is 933 g/mol. The van der Waals surface area contributed by atoms with Crippen LogP contribution in [0.4, 0.5) is 10.5 Å². The summed E-state index contributed by atoms with van der Waals surface area (Å²) in [5, 5.41) is 9.83. The first-order chi connectivity index (χ1) is 24.7. The summed E-state index contributed by atoms with van der Waals surface area (Å²) in [5.74, 6) is -0.0232. The molecular formula is C38H39ClI2N6O4-2. The minimum atomic E-state index is -0.587. The second-order valence-electron chi connectivity index (χ2n) is 13.5. The van der Waals surface area contributed by atoms with Crippen molar-refractivity contribution < 1.29 is 61.8 Å². The predicted octanol–water partition coefficient (Wildman–Crippen LogP) is -0.399. The van der Waals surface area contributed by atoms with Crippen molar-refractivity contribution >= 4 is 35.1 Å². The number of nitrogens with zero attached hydrogens (tertiary/aromatic N) is 3. The van der Waals surface area contributed by atoms with E-state index in [2.05, 4.69) is 33.0 Å². The van der Waals surface area contributed by atoms with E-state index in [4.69, 9.17) is 21.3 Å². The maximum absolute atomic E-state index is 13.6. The van der Waals surface area contributed by atoms with E-state index in [0.29, 0.717) is 21.4 Å². The number of aromatic nitrogens is 1. The van der Waals surface area contributed by atoms with E-state index >= 15 is 0 Å². The van der Waals surface area contributed by atoms with Crippen molar-refractivity contribution in [1.29, 1.82) is 0 Å². The fourth-order valence-electron chi connectivity index (χ4n) is 8.00. The van der Waals surface area contributed by atoms with Crippen molar-refractivity contribution in [2.75, 3.05) is 43.5 Å². The third-order valence-electron chi connectivity index (χ3n) is 10.6. The van der Waals surface area contributed by atoms with Gasteiger partial charge in [0.25, 0.3) is 0 Å². The van der Waals surface area contributed by atoms with Gasteiger partial charge in [0.2, 0.25) is 0 Å². The van der Waals surface area contributed by atoms with E-state index in [1.807, 2.05) is 40.5 Å². The number of rotatable bonds is 7. The zero-order chi connectivity index (χ0) is 35.3. The molecule has 1 aromatic heterocycles. The number of ether oxygens (including phenoxy) is 1. The number of amides is 4. The molecule has 51 heavy (non-hydrogen) atoms. The first kappa shape index (κ1) is 34.9. The quantitative estimate of drug-likeness (QED) is 0.129. The molecule has 268 valence electrons. The standard InChI is InChI=1S/C38H39ClI2N6O4/c1-46-36(49)26(9-5-16-41-46)34(48)43-28-10-4-6-23(32(28)27-13-17-40-27)24-7-3-8-25(33(24)39)29-20-22-11-12-30(31(22)35(44-29)51-2)47-19-15-38(21-47)14-18-42-37(50)45-38/h3-10,16,20,27,30H,11-15,17-19,21H2,1-2H3,(H,43,48)(H2,42,45,50)/q-2/t27?,30-,38+/m0/s1. The predicted molar refractivity (Wildman–Crippen MR) is 189 cm³/mol. The molecule has 1 aliphatic carbocycles. The summed E-state index contributed by atoms with van der Waals surface area (Å²) in [6.45, 7) is 2.43. The van der Waals surface area contributed by atoms with Crippen molar-refractivity contribution in [3.8, 4) is 28.3 Å². The van der Waals surface area contributed by atoms with Gasteiger partial charge in [-0.15, -0.1) is 0 Å². The van der Waals surface area contributed by atoms with Crippen molar-refractivity contribution in [1.82, 2.24) is 23.6 Å². The number of pyridine rings is 1. The third kappa shape index (κ3) is 6.54. The number of halogens is 3. The summed E-state index contributed by atoms with van der Waals surface area (Å²) < 4.78 is 11.2. The number of urea groups is 1. The Labute approximate surface area is 323 Å². The number of aryl methyl sites for hydroxylation is 1. The molecule has 4 aliphatic heterocycles. The number of likely N-dealkylation sites (tertiary alicyclic amines) is 1. The second kappa shape index (κ2) is 14.3. The topological polar surface area (TPSA) is 116 Å². The first-order valence-electron chi connectivity index (χ1n) is 17.2. The molecule has 5 heterocycles. The Kier molecular flexibility index (Phi) is 9.78. The summed E-state index contributed by atoms with van der Waals surface area (Å²) in [5.41, 5.74) is 7.62. The van der Waals surface area contributed by atoms with E-state index in [0.717, 1.165) is 84.4 Å². The first-order valence-corrected chi connectivity index (χ1v) is 22.6. The number of carbonyl (C=O) groups excluding carboxylic acids is 3. The Balaban J connectivity index is 1.11. The molecule has 2 aromatic carbocycles. The number of alkyl halides is 2. The zero-order valence-electron chi connectivity index (χ0n) is 28.4. The maximum atomic E-state index is 13.6. The molecule has 10 nitrogen and oxygen atoms in total. The fourth-order valence-corrected chi connectivity index (χ4v) is 12.1. The summed E-state index contributed by atoms with van der Waals surface area (Å²) in [4.78, 5) is 46.3. The minimum absolute atomic E-state index is 0.0773. The Hall–Kier alpha value is -3.21. The van der Waals surface area contributed by atoms with Crippen molar-refractivity contribution in [2.24, 2.45) is 0 Å². The molecule has 3 atom stereocenters. The molecule has 1 spiro atoms. The summed E-state index contributed by atoms with van der Waals surface area (Å²) >= 11 is 6.69. The van der Waals surface area contributed by atoms with Gasteiger partial charge in [-0.05, 0) is 12.8 Å². The molecule has 3 saturated heterocycles. The van der Waals surface area contributed by atoms with Gasteiger partial charge in [0.1, 0.15) is 0 Å². The van der Waals surface area contributed by atoms with Crippen LogP contribution >= 0.6 is 11.6 Å². The van der Waals surface area contributed by atoms with Gasteiger partial charge in [0.15, 0.2) is 0 Å². The second-order valence-corrected chi connectivity index (χ2v) is 20.1. The van der Waals surface area contributed by atoms with Gasteiger partial charge in [0, 0.05) is 19.6 Å². The average Bonchev–Trinajstić information content (AvgIpc) is 3.66. The molecular weight excluding hydrogens is 894 g/mol. The van der Waals surface area contributed by atoms with Gasteiger partial charge >= 0.3 is 273 Å². The SMILES string of the molecule is COc1nc(-c2cccc(-c3cccc(NC(=O)C4=CC=C[I-]N(C)C4=O)c3C3CC[I-]3)c2Cl)cc2c1[C@@H](N1CC[C@]3(CCNC(=O)N3)C1)CC2. The van der Waals surface area contributed by atoms with Crippen LogP contribution in [0.15, 0.2) is 64.3 Å². The van der Waals surface area contributed by atoms with Gasteiger partial charge in [-0.25, -0.2) is 4.79 Å². The monoisotopic (exact) mass is 932 g/mol. The van der Waals surface area contributed by atoms with E-state index in [1.165, 1.54) is 9.99 Å². The van der Waals surface area contributed by atoms with Gasteiger partial charge in [0.05, 0.1) is 5.54 Å². The van der Waals surface area contributed by atoms with E-state index in [9.17, 15) is 14.4 Å². The number of nitrogens with one attached hydrogen (secondary N) is 3. The summed E-state index contributed by atoms with van der Waals surface area (Å²) in [6, 6.07) is 14.3. The van der Waals surface area contributed by atoms with Gasteiger partial charge in [-0.3, -0.25) is 0 Å². The van der Waals surface area contributed by atoms with E-state index in [1.54, 1.807) is 23.3 Å². The number of carbonyl (C=O) groups is 3. The molecule has 4 amide bonds. The molecule has 0 bridgehead atoms.